The highest BCUT2D eigenvalue weighted by Crippen LogP contribution is 2.44. The average Bonchev–Trinajstić information content (AvgIpc) is 3.31. The van der Waals surface area contributed by atoms with Crippen molar-refractivity contribution >= 4 is 5.91 Å². The Bertz CT molecular complexity index is 476. The Balaban J connectivity index is 1.44. The molecule has 1 aromatic rings. The second-order valence-electron chi connectivity index (χ2n) is 6.49. The van der Waals surface area contributed by atoms with Gasteiger partial charge in [0, 0.05) is 32.2 Å². The van der Waals surface area contributed by atoms with E-state index in [1.165, 1.54) is 5.56 Å². The normalized spacial score (nSPS) is 22.0. The van der Waals surface area contributed by atoms with Gasteiger partial charge in [0.25, 0.3) is 0 Å². The van der Waals surface area contributed by atoms with Crippen LogP contribution in [0.2, 0.25) is 0 Å². The standard InChI is InChI=1S/C17H25N3O/c18-13-17(8-9-17)16(21)19-15-6-10-20(11-7-15)12-14-4-2-1-3-5-14/h1-5,15H,6-13,18H2,(H,19,21). The fourth-order valence-electron chi connectivity index (χ4n) is 3.09. The van der Waals surface area contributed by atoms with Crippen LogP contribution in [-0.4, -0.2) is 36.5 Å². The Hall–Kier alpha value is -1.39. The molecule has 0 atom stereocenters. The van der Waals surface area contributed by atoms with E-state index in [9.17, 15) is 4.79 Å². The van der Waals surface area contributed by atoms with Gasteiger partial charge in [-0.25, -0.2) is 0 Å². The molecular weight excluding hydrogens is 262 g/mol. The van der Waals surface area contributed by atoms with Crippen molar-refractivity contribution in [1.82, 2.24) is 10.2 Å². The SMILES string of the molecule is NCC1(C(=O)NC2CCN(Cc3ccccc3)CC2)CC1. The Labute approximate surface area is 126 Å². The lowest BCUT2D eigenvalue weighted by atomic mass is 10.0. The van der Waals surface area contributed by atoms with Crippen LogP contribution in [0.25, 0.3) is 0 Å². The number of piperidine rings is 1. The van der Waals surface area contributed by atoms with Crippen molar-refractivity contribution in [1.29, 1.82) is 0 Å². The highest BCUT2D eigenvalue weighted by Gasteiger charge is 2.48. The Morgan fingerprint density at radius 2 is 1.90 bits per heavy atom. The summed E-state index contributed by atoms with van der Waals surface area (Å²) in [6.45, 7) is 3.60. The fraction of sp³-hybridized carbons (Fsp3) is 0.588. The molecule has 0 radical (unpaired) electrons. The molecule has 0 spiro atoms. The highest BCUT2D eigenvalue weighted by atomic mass is 16.2. The first kappa shape index (κ1) is 14.5. The zero-order valence-corrected chi connectivity index (χ0v) is 12.6. The number of likely N-dealkylation sites (tertiary alicyclic amines) is 1. The summed E-state index contributed by atoms with van der Waals surface area (Å²) in [5, 5.41) is 3.21. The molecular formula is C17H25N3O. The van der Waals surface area contributed by atoms with Crippen molar-refractivity contribution in [2.75, 3.05) is 19.6 Å². The molecule has 21 heavy (non-hydrogen) atoms. The van der Waals surface area contributed by atoms with E-state index >= 15 is 0 Å². The quantitative estimate of drug-likeness (QED) is 0.863. The van der Waals surface area contributed by atoms with Crippen molar-refractivity contribution in [3.8, 4) is 0 Å². The minimum Gasteiger partial charge on any atom is -0.353 e. The van der Waals surface area contributed by atoms with Crippen LogP contribution in [0.4, 0.5) is 0 Å². The number of nitrogens with one attached hydrogen (secondary N) is 1. The molecule has 114 valence electrons. The zero-order valence-electron chi connectivity index (χ0n) is 12.6. The maximum absolute atomic E-state index is 12.2. The third-order valence-electron chi connectivity index (χ3n) is 4.90. The Morgan fingerprint density at radius 1 is 1.24 bits per heavy atom. The van der Waals surface area contributed by atoms with Crippen LogP contribution in [0.15, 0.2) is 30.3 Å². The second-order valence-corrected chi connectivity index (χ2v) is 6.49. The number of nitrogens with zero attached hydrogens (tertiary/aromatic N) is 1. The molecule has 0 unspecified atom stereocenters. The molecule has 0 bridgehead atoms. The van der Waals surface area contributed by atoms with Gasteiger partial charge in [0.2, 0.25) is 5.91 Å². The van der Waals surface area contributed by atoms with Crippen LogP contribution in [0.5, 0.6) is 0 Å². The first-order valence-electron chi connectivity index (χ1n) is 7.99. The summed E-state index contributed by atoms with van der Waals surface area (Å²) in [4.78, 5) is 14.7. The van der Waals surface area contributed by atoms with Crippen molar-refractivity contribution in [2.45, 2.75) is 38.3 Å². The molecule has 1 aliphatic heterocycles. The molecule has 3 N–H and O–H groups in total. The van der Waals surface area contributed by atoms with Gasteiger partial charge >= 0.3 is 0 Å². The maximum atomic E-state index is 12.2. The van der Waals surface area contributed by atoms with Gasteiger partial charge in [0.15, 0.2) is 0 Å². The number of hydrogen-bond acceptors (Lipinski definition) is 3. The summed E-state index contributed by atoms with van der Waals surface area (Å²) >= 11 is 0. The van der Waals surface area contributed by atoms with Crippen molar-refractivity contribution < 1.29 is 4.79 Å². The second kappa shape index (κ2) is 6.16. The van der Waals surface area contributed by atoms with Gasteiger partial charge in [-0.15, -0.1) is 0 Å². The van der Waals surface area contributed by atoms with Gasteiger partial charge in [-0.3, -0.25) is 9.69 Å². The number of carbonyl (C=O) groups is 1. The molecule has 4 heteroatoms. The van der Waals surface area contributed by atoms with Gasteiger partial charge in [-0.05, 0) is 31.2 Å². The summed E-state index contributed by atoms with van der Waals surface area (Å²) in [5.74, 6) is 0.187. The molecule has 3 rings (SSSR count). The summed E-state index contributed by atoms with van der Waals surface area (Å²) in [7, 11) is 0. The molecule has 1 aliphatic carbocycles. The Kier molecular flexibility index (Phi) is 4.27. The lowest BCUT2D eigenvalue weighted by molar-refractivity contribution is -0.127. The average molecular weight is 287 g/mol. The van der Waals surface area contributed by atoms with E-state index in [1.807, 2.05) is 0 Å². The predicted molar refractivity (Wildman–Crippen MR) is 83.6 cm³/mol. The molecule has 1 saturated heterocycles. The van der Waals surface area contributed by atoms with Crippen LogP contribution in [0, 0.1) is 5.41 Å². The van der Waals surface area contributed by atoms with Crippen LogP contribution >= 0.6 is 0 Å². The van der Waals surface area contributed by atoms with Gasteiger partial charge in [-0.1, -0.05) is 30.3 Å². The number of rotatable bonds is 5. The van der Waals surface area contributed by atoms with E-state index in [-0.39, 0.29) is 11.3 Å². The largest absolute Gasteiger partial charge is 0.353 e. The summed E-state index contributed by atoms with van der Waals surface area (Å²) < 4.78 is 0. The van der Waals surface area contributed by atoms with Crippen LogP contribution < -0.4 is 11.1 Å². The van der Waals surface area contributed by atoms with E-state index in [2.05, 4.69) is 40.5 Å². The van der Waals surface area contributed by atoms with E-state index in [1.54, 1.807) is 0 Å². The summed E-state index contributed by atoms with van der Waals surface area (Å²) in [6, 6.07) is 10.9. The fourth-order valence-corrected chi connectivity index (χ4v) is 3.09. The first-order valence-corrected chi connectivity index (χ1v) is 7.99. The van der Waals surface area contributed by atoms with Crippen molar-refractivity contribution in [3.63, 3.8) is 0 Å². The van der Waals surface area contributed by atoms with Gasteiger partial charge in [-0.2, -0.15) is 0 Å². The summed E-state index contributed by atoms with van der Waals surface area (Å²) in [5.41, 5.74) is 6.85. The lowest BCUT2D eigenvalue weighted by Crippen LogP contribution is -2.47. The predicted octanol–water partition coefficient (Wildman–Crippen LogP) is 1.51. The van der Waals surface area contributed by atoms with Gasteiger partial charge in [0.05, 0.1) is 5.41 Å². The van der Waals surface area contributed by atoms with Crippen molar-refractivity contribution in [2.24, 2.45) is 11.1 Å². The smallest absolute Gasteiger partial charge is 0.227 e. The Morgan fingerprint density at radius 3 is 2.48 bits per heavy atom. The highest BCUT2D eigenvalue weighted by molar-refractivity contribution is 5.85. The maximum Gasteiger partial charge on any atom is 0.227 e. The molecule has 0 aromatic heterocycles. The number of nitrogens with two attached hydrogens (primary N) is 1. The summed E-state index contributed by atoms with van der Waals surface area (Å²) in [6.07, 6.45) is 4.00. The molecule has 1 aromatic carbocycles. The van der Waals surface area contributed by atoms with E-state index in [0.29, 0.717) is 12.6 Å². The van der Waals surface area contributed by atoms with Crippen molar-refractivity contribution in [3.05, 3.63) is 35.9 Å². The number of hydrogen-bond donors (Lipinski definition) is 2. The topological polar surface area (TPSA) is 58.4 Å². The van der Waals surface area contributed by atoms with E-state index in [0.717, 1.165) is 45.3 Å². The van der Waals surface area contributed by atoms with Crippen LogP contribution in [0.3, 0.4) is 0 Å². The third kappa shape index (κ3) is 3.44. The molecule has 1 amide bonds. The van der Waals surface area contributed by atoms with E-state index < -0.39 is 0 Å². The zero-order chi connectivity index (χ0) is 14.7. The minimum atomic E-state index is -0.221. The minimum absolute atomic E-state index is 0.187. The molecule has 1 heterocycles. The van der Waals surface area contributed by atoms with Crippen LogP contribution in [-0.2, 0) is 11.3 Å². The lowest BCUT2D eigenvalue weighted by Gasteiger charge is -2.33. The number of amides is 1. The number of carbonyl (C=O) groups excluding carboxylic acids is 1. The van der Waals surface area contributed by atoms with E-state index in [4.69, 9.17) is 5.73 Å². The molecule has 2 aliphatic rings. The molecule has 4 nitrogen and oxygen atoms in total. The van der Waals surface area contributed by atoms with Crippen LogP contribution in [0.1, 0.15) is 31.2 Å². The number of benzene rings is 1. The van der Waals surface area contributed by atoms with Gasteiger partial charge in [0.1, 0.15) is 0 Å². The monoisotopic (exact) mass is 287 g/mol. The first-order chi connectivity index (χ1) is 10.2. The molecule has 2 fully saturated rings. The molecule has 1 saturated carbocycles. The third-order valence-corrected chi connectivity index (χ3v) is 4.90. The van der Waals surface area contributed by atoms with Gasteiger partial charge < -0.3 is 11.1 Å².